The Morgan fingerprint density at radius 2 is 1.89 bits per heavy atom. The molecule has 0 aliphatic carbocycles. The highest BCUT2D eigenvalue weighted by Gasteiger charge is 2.22. The molecule has 6 heteroatoms. The van der Waals surface area contributed by atoms with E-state index in [1.54, 1.807) is 0 Å². The average molecular weight is 296 g/mol. The number of morpholine rings is 1. The van der Waals surface area contributed by atoms with Crippen LogP contribution < -0.4 is 4.90 Å². The van der Waals surface area contributed by atoms with Crippen molar-refractivity contribution in [2.45, 2.75) is 26.9 Å². The summed E-state index contributed by atoms with van der Waals surface area (Å²) in [5, 5.41) is 0. The van der Waals surface area contributed by atoms with Crippen LogP contribution >= 0.6 is 6.49 Å². The molecule has 1 heterocycles. The summed E-state index contributed by atoms with van der Waals surface area (Å²) in [6.45, 7) is 11.7. The van der Waals surface area contributed by atoms with Gasteiger partial charge in [0, 0.05) is 6.66 Å². The van der Waals surface area contributed by atoms with Crippen molar-refractivity contribution in [1.29, 1.82) is 0 Å². The minimum Gasteiger partial charge on any atom is -0.370 e. The van der Waals surface area contributed by atoms with Crippen molar-refractivity contribution in [3.8, 4) is 0 Å². The van der Waals surface area contributed by atoms with Crippen LogP contribution in [0.5, 0.6) is 0 Å². The predicted molar refractivity (Wildman–Crippen MR) is 77.9 cm³/mol. The molecule has 0 aromatic rings. The molecule has 0 aromatic carbocycles. The molecule has 0 aromatic heterocycles. The molecule has 0 amide bonds. The first-order valence-corrected chi connectivity index (χ1v) is 9.79. The van der Waals surface area contributed by atoms with Gasteiger partial charge in [-0.2, -0.15) is 0 Å². The maximum absolute atomic E-state index is 5.93. The van der Waals surface area contributed by atoms with Gasteiger partial charge in [0.05, 0.1) is 19.8 Å². The van der Waals surface area contributed by atoms with E-state index in [1.165, 1.54) is 4.90 Å². The number of quaternary nitrogens is 1. The van der Waals surface area contributed by atoms with E-state index in [2.05, 4.69) is 20.8 Å². The van der Waals surface area contributed by atoms with E-state index in [0.717, 1.165) is 32.8 Å². The summed E-state index contributed by atoms with van der Waals surface area (Å²) in [5.74, 6) is 0.496. The molecule has 1 aliphatic heterocycles. The molecule has 1 N–H and O–H groups in total. The zero-order valence-corrected chi connectivity index (χ0v) is 13.7. The standard InChI is InChI=1S/C12H26NO3PS/c1-11(2)10-15-17(4,18)16-12(3)9-13-5-7-14-8-6-13/h11-12H,5-10H2,1-4H3/p+1/t12-,17-/m1/s1. The topological polar surface area (TPSA) is 32.1 Å². The van der Waals surface area contributed by atoms with Gasteiger partial charge in [0.2, 0.25) is 0 Å². The molecule has 0 bridgehead atoms. The van der Waals surface area contributed by atoms with Gasteiger partial charge in [-0.15, -0.1) is 0 Å². The molecule has 1 aliphatic rings. The van der Waals surface area contributed by atoms with Crippen LogP contribution in [-0.2, 0) is 25.6 Å². The van der Waals surface area contributed by atoms with E-state index in [4.69, 9.17) is 25.6 Å². The van der Waals surface area contributed by atoms with Crippen molar-refractivity contribution in [2.24, 2.45) is 5.92 Å². The van der Waals surface area contributed by atoms with E-state index in [0.29, 0.717) is 12.5 Å². The molecule has 4 nitrogen and oxygen atoms in total. The Morgan fingerprint density at radius 3 is 2.44 bits per heavy atom. The summed E-state index contributed by atoms with van der Waals surface area (Å²) in [5.41, 5.74) is 0. The summed E-state index contributed by atoms with van der Waals surface area (Å²) in [6, 6.07) is 0. The van der Waals surface area contributed by atoms with Crippen molar-refractivity contribution in [1.82, 2.24) is 0 Å². The first-order valence-electron chi connectivity index (χ1n) is 6.71. The van der Waals surface area contributed by atoms with Gasteiger partial charge in [0.1, 0.15) is 25.7 Å². The van der Waals surface area contributed by atoms with Gasteiger partial charge in [-0.3, -0.25) is 0 Å². The lowest BCUT2D eigenvalue weighted by Gasteiger charge is -2.28. The first kappa shape index (κ1) is 16.5. The lowest BCUT2D eigenvalue weighted by atomic mass is 10.2. The quantitative estimate of drug-likeness (QED) is 0.708. The van der Waals surface area contributed by atoms with Gasteiger partial charge in [-0.1, -0.05) is 13.8 Å². The SMILES string of the molecule is CC(C)CO[P@@](C)(=S)O[C@H](C)C[NH+]1CCOCC1. The second kappa shape index (κ2) is 7.93. The zero-order valence-electron chi connectivity index (χ0n) is 12.0. The fraction of sp³-hybridized carbons (Fsp3) is 1.00. The van der Waals surface area contributed by atoms with E-state index < -0.39 is 6.49 Å². The average Bonchev–Trinajstić information content (AvgIpc) is 2.27. The Hall–Kier alpha value is 0.490. The van der Waals surface area contributed by atoms with Crippen molar-refractivity contribution in [3.63, 3.8) is 0 Å². The minimum atomic E-state index is -2.08. The van der Waals surface area contributed by atoms with Gasteiger partial charge in [-0.25, -0.2) is 0 Å². The van der Waals surface area contributed by atoms with Crippen molar-refractivity contribution in [3.05, 3.63) is 0 Å². The molecule has 1 saturated heterocycles. The predicted octanol–water partition coefficient (Wildman–Crippen LogP) is 0.919. The molecule has 0 unspecified atom stereocenters. The molecule has 18 heavy (non-hydrogen) atoms. The lowest BCUT2D eigenvalue weighted by Crippen LogP contribution is -3.15. The Kier molecular flexibility index (Phi) is 7.29. The highest BCUT2D eigenvalue weighted by molar-refractivity contribution is 8.09. The lowest BCUT2D eigenvalue weighted by molar-refractivity contribution is -0.910. The van der Waals surface area contributed by atoms with E-state index in [-0.39, 0.29) is 6.10 Å². The van der Waals surface area contributed by atoms with Gasteiger partial charge in [0.15, 0.2) is 6.49 Å². The number of ether oxygens (including phenoxy) is 1. The van der Waals surface area contributed by atoms with Crippen LogP contribution in [0.15, 0.2) is 0 Å². The smallest absolute Gasteiger partial charge is 0.186 e. The maximum atomic E-state index is 5.93. The van der Waals surface area contributed by atoms with Crippen LogP contribution in [0.2, 0.25) is 0 Å². The second-order valence-electron chi connectivity index (χ2n) is 5.44. The van der Waals surface area contributed by atoms with Gasteiger partial charge in [-0.05, 0) is 24.6 Å². The Labute approximate surface area is 116 Å². The molecular formula is C12H27NO3PS+. The number of hydrogen-bond donors (Lipinski definition) is 1. The van der Waals surface area contributed by atoms with Crippen LogP contribution in [0, 0.1) is 5.92 Å². The fourth-order valence-corrected chi connectivity index (χ4v) is 3.93. The highest BCUT2D eigenvalue weighted by atomic mass is 32.5. The Balaban J connectivity index is 2.28. The van der Waals surface area contributed by atoms with E-state index in [9.17, 15) is 0 Å². The Bertz CT molecular complexity index is 282. The highest BCUT2D eigenvalue weighted by Crippen LogP contribution is 2.45. The monoisotopic (exact) mass is 296 g/mol. The van der Waals surface area contributed by atoms with Crippen LogP contribution in [0.25, 0.3) is 0 Å². The van der Waals surface area contributed by atoms with Gasteiger partial charge >= 0.3 is 0 Å². The third-order valence-corrected chi connectivity index (χ3v) is 4.73. The summed E-state index contributed by atoms with van der Waals surface area (Å²) in [4.78, 5) is 1.53. The number of hydrogen-bond acceptors (Lipinski definition) is 4. The molecule has 0 saturated carbocycles. The van der Waals surface area contributed by atoms with E-state index >= 15 is 0 Å². The summed E-state index contributed by atoms with van der Waals surface area (Å²) in [7, 11) is 0. The molecule has 108 valence electrons. The number of rotatable bonds is 7. The normalized spacial score (nSPS) is 22.9. The largest absolute Gasteiger partial charge is 0.370 e. The molecule has 0 radical (unpaired) electrons. The van der Waals surface area contributed by atoms with Crippen molar-refractivity contribution in [2.75, 3.05) is 46.1 Å². The summed E-state index contributed by atoms with van der Waals surface area (Å²) < 4.78 is 17.0. The van der Waals surface area contributed by atoms with Gasteiger partial charge < -0.3 is 18.7 Å². The molecule has 0 spiro atoms. The number of nitrogens with one attached hydrogen (secondary N) is 1. The summed E-state index contributed by atoms with van der Waals surface area (Å²) >= 11 is 5.44. The fourth-order valence-electron chi connectivity index (χ4n) is 1.95. The zero-order chi connectivity index (χ0) is 13.6. The van der Waals surface area contributed by atoms with Crippen molar-refractivity contribution < 1.29 is 18.7 Å². The Morgan fingerprint density at radius 1 is 1.28 bits per heavy atom. The molecular weight excluding hydrogens is 269 g/mol. The van der Waals surface area contributed by atoms with Crippen LogP contribution in [0.1, 0.15) is 20.8 Å². The minimum absolute atomic E-state index is 0.154. The summed E-state index contributed by atoms with van der Waals surface area (Å²) in [6.07, 6.45) is 0.154. The van der Waals surface area contributed by atoms with Crippen molar-refractivity contribution >= 4 is 18.3 Å². The van der Waals surface area contributed by atoms with Crippen LogP contribution in [0.3, 0.4) is 0 Å². The molecule has 1 fully saturated rings. The molecule has 2 atom stereocenters. The second-order valence-corrected chi connectivity index (χ2v) is 9.45. The third-order valence-electron chi connectivity index (χ3n) is 2.79. The van der Waals surface area contributed by atoms with Gasteiger partial charge in [0.25, 0.3) is 0 Å². The van der Waals surface area contributed by atoms with E-state index in [1.807, 2.05) is 6.66 Å². The van der Waals surface area contributed by atoms with Crippen LogP contribution in [-0.4, -0.2) is 52.2 Å². The first-order chi connectivity index (χ1) is 8.39. The van der Waals surface area contributed by atoms with Crippen LogP contribution in [0.4, 0.5) is 0 Å². The maximum Gasteiger partial charge on any atom is 0.186 e. The molecule has 1 rings (SSSR count). The third kappa shape index (κ3) is 7.17.